The van der Waals surface area contributed by atoms with Crippen LogP contribution in [0.4, 0.5) is 22.8 Å². The van der Waals surface area contributed by atoms with Gasteiger partial charge in [-0.05, 0) is 53.9 Å². The summed E-state index contributed by atoms with van der Waals surface area (Å²) in [5, 5.41) is 82.1. The topological polar surface area (TPSA) is 301 Å². The van der Waals surface area contributed by atoms with Gasteiger partial charge in [0.1, 0.15) is 71.9 Å². The molecule has 0 spiro atoms. The van der Waals surface area contributed by atoms with E-state index in [4.69, 9.17) is 28.4 Å². The molecule has 0 aromatic carbocycles. The third-order valence-electron chi connectivity index (χ3n) is 9.21. The zero-order chi connectivity index (χ0) is 43.4. The minimum Gasteiger partial charge on any atom is -0.444 e. The minimum absolute atomic E-state index is 0.0165. The molecule has 0 bridgehead atoms. The van der Waals surface area contributed by atoms with Crippen molar-refractivity contribution in [2.24, 2.45) is 5.92 Å². The third kappa shape index (κ3) is 13.3. The molecule has 1 aliphatic carbocycles. The van der Waals surface area contributed by atoms with Gasteiger partial charge in [-0.2, -0.15) is 13.2 Å². The summed E-state index contributed by atoms with van der Waals surface area (Å²) < 4.78 is 73.1. The Morgan fingerprint density at radius 1 is 0.702 bits per heavy atom. The van der Waals surface area contributed by atoms with Crippen molar-refractivity contribution in [3.05, 3.63) is 0 Å². The van der Waals surface area contributed by atoms with Crippen molar-refractivity contribution in [3.8, 4) is 0 Å². The molecule has 3 aliphatic rings. The van der Waals surface area contributed by atoms with Gasteiger partial charge in [0.25, 0.3) is 0 Å². The Morgan fingerprint density at radius 2 is 1.25 bits per heavy atom. The van der Waals surface area contributed by atoms with E-state index in [2.05, 4.69) is 10.6 Å². The van der Waals surface area contributed by atoms with Crippen molar-refractivity contribution in [1.82, 2.24) is 16.0 Å². The summed E-state index contributed by atoms with van der Waals surface area (Å²) in [6.07, 6.45) is -30.9. The SMILES string of the molecule is CCC(=O)CC1CC(NC(=O)OC(C)(C)C)C(OC2OC(CNC(=O)OC(C)(C)C)C(O)C(O)C2O)C(O)C1OC1OC(CO)C(O)C(NC(=O)C(F)(F)F)C1O. The van der Waals surface area contributed by atoms with Crippen LogP contribution in [0.25, 0.3) is 0 Å². The molecule has 15 atom stereocenters. The van der Waals surface area contributed by atoms with Gasteiger partial charge in [-0.15, -0.1) is 0 Å². The lowest BCUT2D eigenvalue weighted by molar-refractivity contribution is -0.337. The molecule has 23 heteroatoms. The summed E-state index contributed by atoms with van der Waals surface area (Å²) >= 11 is 0. The predicted octanol–water partition coefficient (Wildman–Crippen LogP) is -1.78. The molecule has 2 saturated heterocycles. The fraction of sp³-hybridized carbons (Fsp3) is 0.882. The van der Waals surface area contributed by atoms with Gasteiger partial charge in [0.05, 0.1) is 24.8 Å². The van der Waals surface area contributed by atoms with E-state index in [0.717, 1.165) is 0 Å². The summed E-state index contributed by atoms with van der Waals surface area (Å²) in [5.41, 5.74) is -1.94. The van der Waals surface area contributed by atoms with Crippen LogP contribution in [0.1, 0.15) is 67.7 Å². The van der Waals surface area contributed by atoms with Crippen LogP contribution in [0.3, 0.4) is 0 Å². The number of hydrogen-bond donors (Lipinski definition) is 10. The molecule has 20 nitrogen and oxygen atoms in total. The highest BCUT2D eigenvalue weighted by atomic mass is 19.4. The molecule has 1 saturated carbocycles. The summed E-state index contributed by atoms with van der Waals surface area (Å²) in [5.74, 6) is -4.03. The fourth-order valence-electron chi connectivity index (χ4n) is 6.51. The predicted molar refractivity (Wildman–Crippen MR) is 184 cm³/mol. The Morgan fingerprint density at radius 3 is 1.79 bits per heavy atom. The van der Waals surface area contributed by atoms with Gasteiger partial charge in [-0.25, -0.2) is 9.59 Å². The maximum Gasteiger partial charge on any atom is 0.471 e. The number of alkyl carbamates (subject to hydrolysis) is 2. The fourth-order valence-corrected chi connectivity index (χ4v) is 6.51. The second kappa shape index (κ2) is 19.4. The Labute approximate surface area is 326 Å². The smallest absolute Gasteiger partial charge is 0.444 e. The van der Waals surface area contributed by atoms with E-state index in [-0.39, 0.29) is 25.0 Å². The number of carbonyl (C=O) groups excluding carboxylic acids is 4. The first-order valence-electron chi connectivity index (χ1n) is 18.3. The van der Waals surface area contributed by atoms with Gasteiger partial charge in [0.2, 0.25) is 0 Å². The number of alkyl halides is 3. The first kappa shape index (κ1) is 48.4. The normalized spacial score (nSPS) is 36.5. The van der Waals surface area contributed by atoms with E-state index in [1.54, 1.807) is 41.5 Å². The highest BCUT2D eigenvalue weighted by molar-refractivity contribution is 5.82. The Balaban J connectivity index is 2.01. The van der Waals surface area contributed by atoms with Crippen molar-refractivity contribution in [2.75, 3.05) is 13.2 Å². The van der Waals surface area contributed by atoms with Gasteiger partial charge in [0.15, 0.2) is 12.6 Å². The molecular weight excluding hydrogens is 779 g/mol. The van der Waals surface area contributed by atoms with Gasteiger partial charge in [-0.1, -0.05) is 6.92 Å². The molecule has 10 N–H and O–H groups in total. The average molecular weight is 836 g/mol. The van der Waals surface area contributed by atoms with Crippen LogP contribution in [0, 0.1) is 5.92 Å². The van der Waals surface area contributed by atoms with E-state index in [1.807, 2.05) is 0 Å². The zero-order valence-electron chi connectivity index (χ0n) is 32.5. The summed E-state index contributed by atoms with van der Waals surface area (Å²) in [6, 6.07) is -3.45. The molecule has 15 unspecified atom stereocenters. The van der Waals surface area contributed by atoms with Crippen LogP contribution in [-0.4, -0.2) is 176 Å². The molecule has 57 heavy (non-hydrogen) atoms. The van der Waals surface area contributed by atoms with Crippen LogP contribution in [0.5, 0.6) is 0 Å². The lowest BCUT2D eigenvalue weighted by Crippen LogP contribution is -2.68. The number of ketones is 1. The van der Waals surface area contributed by atoms with Crippen LogP contribution < -0.4 is 16.0 Å². The molecule has 3 rings (SSSR count). The summed E-state index contributed by atoms with van der Waals surface area (Å²) in [4.78, 5) is 50.0. The number of hydrogen-bond acceptors (Lipinski definition) is 17. The summed E-state index contributed by atoms with van der Waals surface area (Å²) in [7, 11) is 0. The van der Waals surface area contributed by atoms with Crippen LogP contribution in [-0.2, 0) is 38.0 Å². The molecule has 0 aromatic rings. The molecule has 0 radical (unpaired) electrons. The van der Waals surface area contributed by atoms with Gasteiger partial charge in [-0.3, -0.25) is 9.59 Å². The van der Waals surface area contributed by atoms with E-state index < -0.39 is 140 Å². The molecule has 3 fully saturated rings. The van der Waals surface area contributed by atoms with E-state index in [9.17, 15) is 68.1 Å². The molecular formula is C34H56F3N3O17. The van der Waals surface area contributed by atoms with Crippen molar-refractivity contribution < 1.29 is 96.5 Å². The second-order valence-electron chi connectivity index (χ2n) is 16.1. The molecule has 330 valence electrons. The van der Waals surface area contributed by atoms with Crippen LogP contribution >= 0.6 is 0 Å². The Hall–Kier alpha value is -2.97. The number of aliphatic hydroxyl groups is 7. The molecule has 3 amide bonds. The number of aliphatic hydroxyl groups excluding tert-OH is 7. The lowest BCUT2D eigenvalue weighted by atomic mass is 9.76. The Bertz CT molecular complexity index is 1380. The monoisotopic (exact) mass is 835 g/mol. The number of amides is 3. The first-order valence-corrected chi connectivity index (χ1v) is 18.3. The van der Waals surface area contributed by atoms with Crippen LogP contribution in [0.15, 0.2) is 0 Å². The molecule has 0 aromatic heterocycles. The van der Waals surface area contributed by atoms with Crippen molar-refractivity contribution >= 4 is 23.9 Å². The highest BCUT2D eigenvalue weighted by Crippen LogP contribution is 2.37. The zero-order valence-corrected chi connectivity index (χ0v) is 32.5. The number of ether oxygens (including phenoxy) is 6. The van der Waals surface area contributed by atoms with Crippen molar-refractivity contribution in [3.63, 3.8) is 0 Å². The molecule has 2 heterocycles. The quantitative estimate of drug-likeness (QED) is 0.104. The molecule has 2 aliphatic heterocycles. The Kier molecular flexibility index (Phi) is 16.5. The van der Waals surface area contributed by atoms with Gasteiger partial charge >= 0.3 is 24.3 Å². The first-order chi connectivity index (χ1) is 26.2. The number of halogens is 3. The van der Waals surface area contributed by atoms with Gasteiger partial charge in [0, 0.05) is 19.4 Å². The summed E-state index contributed by atoms with van der Waals surface area (Å²) in [6.45, 7) is 9.47. The van der Waals surface area contributed by atoms with Crippen LogP contribution in [0.2, 0.25) is 0 Å². The maximum atomic E-state index is 13.2. The largest absolute Gasteiger partial charge is 0.471 e. The maximum absolute atomic E-state index is 13.2. The van der Waals surface area contributed by atoms with E-state index >= 15 is 0 Å². The van der Waals surface area contributed by atoms with E-state index in [1.165, 1.54) is 12.2 Å². The van der Waals surface area contributed by atoms with E-state index in [0.29, 0.717) is 0 Å². The van der Waals surface area contributed by atoms with Crippen molar-refractivity contribution in [1.29, 1.82) is 0 Å². The van der Waals surface area contributed by atoms with Gasteiger partial charge < -0.3 is 80.1 Å². The van der Waals surface area contributed by atoms with Crippen molar-refractivity contribution in [2.45, 2.75) is 171 Å². The average Bonchev–Trinajstić information content (AvgIpc) is 3.07. The number of carbonyl (C=O) groups is 4. The number of Topliss-reactive ketones (excluding diaryl/α,β-unsaturated/α-hetero) is 1. The number of nitrogens with one attached hydrogen (secondary N) is 3. The second-order valence-corrected chi connectivity index (χ2v) is 16.1. The standard InChI is InChI=1S/C34H56F3N3O17/c1-8-14(42)9-13-10-15(39-31(51)57-33(5,6)7)26(55-28-23(47)22(46)20(44)16(52-28)11-38-30(50)56-32(2,3)4)24(48)25(13)54-27-21(45)18(19(43)17(12-41)53-27)40-29(49)34(35,36)37/h13,15-28,41,43-48H,8-12H2,1-7H3,(H,38,50)(H,39,51)(H,40,49). The lowest BCUT2D eigenvalue weighted by Gasteiger charge is -2.49. The minimum atomic E-state index is -5.45. The highest BCUT2D eigenvalue weighted by Gasteiger charge is 2.55. The third-order valence-corrected chi connectivity index (χ3v) is 9.21. The number of rotatable bonds is 12.